The number of halogens is 1. The number of imide groups is 1. The first-order valence-electron chi connectivity index (χ1n) is 8.42. The van der Waals surface area contributed by atoms with Gasteiger partial charge in [-0.1, -0.05) is 17.1 Å². The van der Waals surface area contributed by atoms with E-state index in [2.05, 4.69) is 9.98 Å². The minimum Gasteiger partial charge on any atom is -0.255 e. The minimum absolute atomic E-state index is 0.281. The van der Waals surface area contributed by atoms with Gasteiger partial charge in [0.15, 0.2) is 5.92 Å². The Balaban J connectivity index is 1.67. The van der Waals surface area contributed by atoms with E-state index in [1.54, 1.807) is 19.2 Å². The van der Waals surface area contributed by atoms with Gasteiger partial charge < -0.3 is 0 Å². The Hall–Kier alpha value is -2.35. The highest BCUT2D eigenvalue weighted by Crippen LogP contribution is 2.35. The fourth-order valence-corrected chi connectivity index (χ4v) is 4.01. The van der Waals surface area contributed by atoms with E-state index in [-0.39, 0.29) is 17.8 Å². The van der Waals surface area contributed by atoms with Crippen LogP contribution < -0.4 is 0 Å². The van der Waals surface area contributed by atoms with Crippen LogP contribution in [0.1, 0.15) is 18.4 Å². The van der Waals surface area contributed by atoms with Crippen LogP contribution in [0.4, 0.5) is 9.18 Å². The summed E-state index contributed by atoms with van der Waals surface area (Å²) in [4.78, 5) is 35.3. The standard InChI is InChI=1S/C18H18FN4O2S/c1-22-15-13(17(24)23(2)18(22)25)16(21-14(20-15)11-5-6-11)26-9-10-3-7-12(19)8-4-10/h3-4,7-8,11,13H,5-6,9H2,1-2H3/q+1. The third kappa shape index (κ3) is 2.98. The molecule has 1 saturated carbocycles. The van der Waals surface area contributed by atoms with Crippen LogP contribution in [0.3, 0.4) is 0 Å². The Morgan fingerprint density at radius 2 is 1.92 bits per heavy atom. The molecular formula is C18H18FN4O2S+. The maximum atomic E-state index is 13.1. The zero-order valence-corrected chi connectivity index (χ0v) is 15.3. The number of nitrogens with zero attached hydrogens (tertiary/aromatic N) is 4. The van der Waals surface area contributed by atoms with Crippen LogP contribution in [0, 0.1) is 17.7 Å². The molecule has 0 N–H and O–H groups in total. The maximum absolute atomic E-state index is 13.1. The molecule has 1 unspecified atom stereocenters. The highest BCUT2D eigenvalue weighted by Gasteiger charge is 2.50. The van der Waals surface area contributed by atoms with E-state index in [9.17, 15) is 14.0 Å². The first-order valence-corrected chi connectivity index (χ1v) is 9.41. The molecule has 0 aromatic heterocycles. The molecule has 3 amide bonds. The molecule has 0 radical (unpaired) electrons. The number of hydrogen-bond donors (Lipinski definition) is 0. The van der Waals surface area contributed by atoms with Gasteiger partial charge in [0, 0.05) is 11.7 Å². The number of amides is 3. The Bertz CT molecular complexity index is 887. The number of urea groups is 1. The van der Waals surface area contributed by atoms with Gasteiger partial charge in [-0.3, -0.25) is 4.79 Å². The van der Waals surface area contributed by atoms with Gasteiger partial charge in [-0.15, -0.1) is 11.8 Å². The molecule has 134 valence electrons. The number of fused-ring (bicyclic) bond motifs is 1. The van der Waals surface area contributed by atoms with Crippen molar-refractivity contribution in [3.05, 3.63) is 35.6 Å². The summed E-state index contributed by atoms with van der Waals surface area (Å²) in [5.41, 5.74) is 0.942. The first kappa shape index (κ1) is 17.1. The summed E-state index contributed by atoms with van der Waals surface area (Å²) < 4.78 is 14.5. The monoisotopic (exact) mass is 373 g/mol. The van der Waals surface area contributed by atoms with Crippen LogP contribution in [0.2, 0.25) is 0 Å². The summed E-state index contributed by atoms with van der Waals surface area (Å²) in [6.45, 7) is 0. The van der Waals surface area contributed by atoms with Crippen molar-refractivity contribution in [3.63, 3.8) is 0 Å². The maximum Gasteiger partial charge on any atom is 0.445 e. The summed E-state index contributed by atoms with van der Waals surface area (Å²) in [6.07, 6.45) is 2.06. The van der Waals surface area contributed by atoms with Crippen LogP contribution in [0.15, 0.2) is 34.3 Å². The van der Waals surface area contributed by atoms with Crippen LogP contribution >= 0.6 is 11.8 Å². The van der Waals surface area contributed by atoms with Gasteiger partial charge in [0.1, 0.15) is 10.9 Å². The number of carbonyl (C=O) groups excluding carboxylic acids is 2. The molecule has 0 spiro atoms. The second-order valence-electron chi connectivity index (χ2n) is 6.64. The highest BCUT2D eigenvalue weighted by atomic mass is 32.2. The molecule has 1 aromatic carbocycles. The minimum atomic E-state index is -0.657. The third-order valence-electron chi connectivity index (χ3n) is 4.70. The second kappa shape index (κ2) is 6.42. The van der Waals surface area contributed by atoms with E-state index in [0.29, 0.717) is 28.4 Å². The van der Waals surface area contributed by atoms with Gasteiger partial charge in [0.25, 0.3) is 5.84 Å². The van der Waals surface area contributed by atoms with Crippen molar-refractivity contribution in [2.45, 2.75) is 18.6 Å². The molecule has 8 heteroatoms. The Morgan fingerprint density at radius 3 is 2.58 bits per heavy atom. The molecular weight excluding hydrogens is 355 g/mol. The average Bonchev–Trinajstić information content (AvgIpc) is 3.48. The van der Waals surface area contributed by atoms with Crippen molar-refractivity contribution >= 4 is 40.4 Å². The van der Waals surface area contributed by atoms with Crippen LogP contribution in [0.25, 0.3) is 0 Å². The predicted octanol–water partition coefficient (Wildman–Crippen LogP) is 2.53. The first-order chi connectivity index (χ1) is 12.5. The smallest absolute Gasteiger partial charge is 0.255 e. The Labute approximate surface area is 154 Å². The lowest BCUT2D eigenvalue weighted by Gasteiger charge is -2.26. The van der Waals surface area contributed by atoms with Gasteiger partial charge in [-0.05, 0) is 30.5 Å². The second-order valence-corrected chi connectivity index (χ2v) is 7.64. The molecule has 4 rings (SSSR count). The van der Waals surface area contributed by atoms with E-state index in [4.69, 9.17) is 0 Å². The summed E-state index contributed by atoms with van der Waals surface area (Å²) in [5, 5.41) is 0.650. The van der Waals surface area contributed by atoms with Gasteiger partial charge in [0.2, 0.25) is 5.84 Å². The number of amidine groups is 2. The molecule has 1 fully saturated rings. The van der Waals surface area contributed by atoms with Crippen LogP contribution in [0.5, 0.6) is 0 Å². The fraction of sp³-hybridized carbons (Fsp3) is 0.389. The summed E-state index contributed by atoms with van der Waals surface area (Å²) in [5.74, 6) is 0.782. The van der Waals surface area contributed by atoms with Crippen LogP contribution in [-0.2, 0) is 10.5 Å². The van der Waals surface area contributed by atoms with Gasteiger partial charge in [-0.25, -0.2) is 14.2 Å². The number of carbonyl (C=O) groups is 2. The highest BCUT2D eigenvalue weighted by molar-refractivity contribution is 8.13. The summed E-state index contributed by atoms with van der Waals surface area (Å²) >= 11 is 1.44. The van der Waals surface area contributed by atoms with Crippen molar-refractivity contribution in [1.29, 1.82) is 0 Å². The Kier molecular flexibility index (Phi) is 4.22. The number of hydrogen-bond acceptors (Lipinski definition) is 5. The topological polar surface area (TPSA) is 65.1 Å². The molecule has 1 atom stereocenters. The van der Waals surface area contributed by atoms with Crippen molar-refractivity contribution in [3.8, 4) is 0 Å². The molecule has 2 aliphatic heterocycles. The number of thioether (sulfide) groups is 1. The van der Waals surface area contributed by atoms with Gasteiger partial charge >= 0.3 is 11.9 Å². The fourth-order valence-electron chi connectivity index (χ4n) is 2.97. The van der Waals surface area contributed by atoms with E-state index >= 15 is 0 Å². The SMILES string of the molecule is CN1C(=O)C2C(SCc3ccc(F)cc3)=NC(C3CC3)=NC2=[N+](C)C1=O. The molecule has 26 heavy (non-hydrogen) atoms. The summed E-state index contributed by atoms with van der Waals surface area (Å²) in [6, 6.07) is 5.89. The van der Waals surface area contributed by atoms with E-state index in [0.717, 1.165) is 23.3 Å². The van der Waals surface area contributed by atoms with Crippen molar-refractivity contribution in [2.24, 2.45) is 21.8 Å². The Morgan fingerprint density at radius 1 is 1.23 bits per heavy atom. The van der Waals surface area contributed by atoms with Gasteiger partial charge in [-0.2, -0.15) is 9.48 Å². The van der Waals surface area contributed by atoms with Crippen molar-refractivity contribution < 1.29 is 18.6 Å². The molecule has 0 saturated heterocycles. The number of rotatable bonds is 3. The lowest BCUT2D eigenvalue weighted by molar-refractivity contribution is -0.407. The van der Waals surface area contributed by atoms with Crippen molar-refractivity contribution in [1.82, 2.24) is 4.90 Å². The molecule has 2 heterocycles. The molecule has 1 aliphatic carbocycles. The molecule has 0 bridgehead atoms. The third-order valence-corrected chi connectivity index (χ3v) is 5.80. The lowest BCUT2D eigenvalue weighted by atomic mass is 10.0. The number of aliphatic imine (C=N–C) groups is 2. The zero-order chi connectivity index (χ0) is 18.4. The van der Waals surface area contributed by atoms with E-state index < -0.39 is 5.92 Å². The van der Waals surface area contributed by atoms with Crippen LogP contribution in [-0.4, -0.2) is 52.2 Å². The van der Waals surface area contributed by atoms with Gasteiger partial charge in [0.05, 0.1) is 14.1 Å². The van der Waals surface area contributed by atoms with E-state index in [1.165, 1.54) is 35.5 Å². The largest absolute Gasteiger partial charge is 0.445 e. The number of benzene rings is 1. The van der Waals surface area contributed by atoms with Crippen molar-refractivity contribution in [2.75, 3.05) is 14.1 Å². The summed E-state index contributed by atoms with van der Waals surface area (Å²) in [7, 11) is 3.11. The molecule has 6 nitrogen and oxygen atoms in total. The zero-order valence-electron chi connectivity index (χ0n) is 14.5. The van der Waals surface area contributed by atoms with E-state index in [1.807, 2.05) is 0 Å². The predicted molar refractivity (Wildman–Crippen MR) is 98.1 cm³/mol. The average molecular weight is 373 g/mol. The quantitative estimate of drug-likeness (QED) is 0.765. The normalized spacial score (nSPS) is 23.0. The lowest BCUT2D eigenvalue weighted by Crippen LogP contribution is -2.54. The molecule has 3 aliphatic rings. The molecule has 1 aromatic rings.